The predicted octanol–water partition coefficient (Wildman–Crippen LogP) is 0.633. The van der Waals surface area contributed by atoms with Crippen molar-refractivity contribution in [3.05, 3.63) is 29.3 Å². The van der Waals surface area contributed by atoms with Crippen LogP contribution in [0.15, 0.2) is 29.2 Å². The van der Waals surface area contributed by atoms with Gasteiger partial charge in [0.2, 0.25) is 10.0 Å². The van der Waals surface area contributed by atoms with Gasteiger partial charge in [-0.05, 0) is 30.2 Å². The van der Waals surface area contributed by atoms with Crippen molar-refractivity contribution in [2.75, 3.05) is 0 Å². The third kappa shape index (κ3) is 4.17. The van der Waals surface area contributed by atoms with Gasteiger partial charge in [-0.25, -0.2) is 14.3 Å². The molecule has 0 bridgehead atoms. The van der Waals surface area contributed by atoms with Crippen molar-refractivity contribution in [1.29, 1.82) is 0 Å². The topological polar surface area (TPSA) is 101 Å². The van der Waals surface area contributed by atoms with Crippen molar-refractivity contribution >= 4 is 27.5 Å². The third-order valence-electron chi connectivity index (χ3n) is 2.50. The van der Waals surface area contributed by atoms with Crippen LogP contribution in [0, 0.1) is 5.92 Å². The first-order valence-electron chi connectivity index (χ1n) is 5.56. The molecule has 6 nitrogen and oxygen atoms in total. The fourth-order valence-corrected chi connectivity index (χ4v) is 2.90. The minimum atomic E-state index is -3.80. The first-order valence-corrected chi connectivity index (χ1v) is 7.42. The Hall–Kier alpha value is -1.15. The van der Waals surface area contributed by atoms with Gasteiger partial charge in [0, 0.05) is 5.02 Å². The molecule has 0 saturated carbocycles. The van der Waals surface area contributed by atoms with Crippen molar-refractivity contribution in [2.45, 2.75) is 24.8 Å². The molecule has 1 atom stereocenters. The average molecular weight is 306 g/mol. The van der Waals surface area contributed by atoms with Crippen LogP contribution in [0.4, 0.5) is 0 Å². The van der Waals surface area contributed by atoms with Crippen LogP contribution < -0.4 is 16.0 Å². The van der Waals surface area contributed by atoms with Gasteiger partial charge in [-0.15, -0.1) is 0 Å². The molecule has 0 saturated heterocycles. The zero-order chi connectivity index (χ0) is 14.6. The van der Waals surface area contributed by atoms with Crippen LogP contribution in [-0.2, 0) is 14.8 Å². The monoisotopic (exact) mass is 305 g/mol. The van der Waals surface area contributed by atoms with E-state index in [-0.39, 0.29) is 10.8 Å². The quantitative estimate of drug-likeness (QED) is 0.422. The number of hydrogen-bond acceptors (Lipinski definition) is 4. The lowest BCUT2D eigenvalue weighted by atomic mass is 10.1. The number of nitrogens with one attached hydrogen (secondary N) is 2. The SMILES string of the molecule is CC(C)[C@H](NS(=O)(=O)c1ccc(Cl)cc1)C(=O)NN. The Balaban J connectivity index is 3.00. The molecule has 0 aliphatic rings. The Bertz CT molecular complexity index is 543. The number of rotatable bonds is 5. The second-order valence-corrected chi connectivity index (χ2v) is 6.46. The van der Waals surface area contributed by atoms with Gasteiger partial charge in [-0.2, -0.15) is 4.72 Å². The largest absolute Gasteiger partial charge is 0.293 e. The Morgan fingerprint density at radius 3 is 2.21 bits per heavy atom. The van der Waals surface area contributed by atoms with Crippen molar-refractivity contribution in [2.24, 2.45) is 11.8 Å². The van der Waals surface area contributed by atoms with Crippen LogP contribution in [0.1, 0.15) is 13.8 Å². The van der Waals surface area contributed by atoms with Gasteiger partial charge in [0.15, 0.2) is 0 Å². The van der Waals surface area contributed by atoms with Crippen LogP contribution in [-0.4, -0.2) is 20.4 Å². The van der Waals surface area contributed by atoms with Gasteiger partial charge < -0.3 is 0 Å². The van der Waals surface area contributed by atoms with Gasteiger partial charge in [0.05, 0.1) is 4.90 Å². The van der Waals surface area contributed by atoms with Crippen molar-refractivity contribution in [1.82, 2.24) is 10.1 Å². The van der Waals surface area contributed by atoms with E-state index in [1.165, 1.54) is 24.3 Å². The molecule has 0 heterocycles. The molecule has 0 aliphatic carbocycles. The van der Waals surface area contributed by atoms with E-state index in [1.54, 1.807) is 13.8 Å². The summed E-state index contributed by atoms with van der Waals surface area (Å²) in [7, 11) is -3.80. The minimum absolute atomic E-state index is 0.0346. The number of carbonyl (C=O) groups is 1. The van der Waals surface area contributed by atoms with Crippen molar-refractivity contribution < 1.29 is 13.2 Å². The van der Waals surface area contributed by atoms with E-state index in [0.717, 1.165) is 0 Å². The van der Waals surface area contributed by atoms with Crippen LogP contribution in [0.5, 0.6) is 0 Å². The summed E-state index contributed by atoms with van der Waals surface area (Å²) in [5.74, 6) is 4.20. The molecule has 1 amide bonds. The lowest BCUT2D eigenvalue weighted by molar-refractivity contribution is -0.123. The number of halogens is 1. The summed E-state index contributed by atoms with van der Waals surface area (Å²) in [4.78, 5) is 11.6. The summed E-state index contributed by atoms with van der Waals surface area (Å²) in [6.45, 7) is 3.43. The first-order chi connectivity index (χ1) is 8.77. The maximum atomic E-state index is 12.1. The summed E-state index contributed by atoms with van der Waals surface area (Å²) >= 11 is 5.69. The molecule has 0 radical (unpaired) electrons. The van der Waals surface area contributed by atoms with E-state index in [0.29, 0.717) is 5.02 Å². The van der Waals surface area contributed by atoms with Crippen molar-refractivity contribution in [3.63, 3.8) is 0 Å². The third-order valence-corrected chi connectivity index (χ3v) is 4.21. The highest BCUT2D eigenvalue weighted by Gasteiger charge is 2.27. The van der Waals surface area contributed by atoms with E-state index in [1.807, 2.05) is 5.43 Å². The fourth-order valence-electron chi connectivity index (χ4n) is 1.43. The normalized spacial score (nSPS) is 13.3. The molecule has 1 aromatic carbocycles. The standard InChI is InChI=1S/C11H16ClN3O3S/c1-7(2)10(11(16)14-13)15-19(17,18)9-5-3-8(12)4-6-9/h3-7,10,15H,13H2,1-2H3,(H,14,16)/t10-/m0/s1. The Labute approximate surface area is 117 Å². The maximum absolute atomic E-state index is 12.1. The Morgan fingerprint density at radius 1 is 1.26 bits per heavy atom. The number of carbonyl (C=O) groups excluding carboxylic acids is 1. The van der Waals surface area contributed by atoms with Crippen LogP contribution in [0.3, 0.4) is 0 Å². The molecule has 19 heavy (non-hydrogen) atoms. The Morgan fingerprint density at radius 2 is 1.79 bits per heavy atom. The molecule has 0 aliphatic heterocycles. The highest BCUT2D eigenvalue weighted by Crippen LogP contribution is 2.15. The molecule has 0 fully saturated rings. The zero-order valence-corrected chi connectivity index (χ0v) is 12.1. The average Bonchev–Trinajstić information content (AvgIpc) is 2.35. The Kier molecular flexibility index (Phi) is 5.30. The number of amides is 1. The van der Waals surface area contributed by atoms with E-state index in [4.69, 9.17) is 17.4 Å². The van der Waals surface area contributed by atoms with Crippen LogP contribution in [0.2, 0.25) is 5.02 Å². The van der Waals surface area contributed by atoms with Gasteiger partial charge in [-0.3, -0.25) is 10.2 Å². The highest BCUT2D eigenvalue weighted by molar-refractivity contribution is 7.89. The lowest BCUT2D eigenvalue weighted by Gasteiger charge is -2.20. The number of benzene rings is 1. The summed E-state index contributed by atoms with van der Waals surface area (Å²) in [6.07, 6.45) is 0. The van der Waals surface area contributed by atoms with E-state index < -0.39 is 22.0 Å². The number of hydrazine groups is 1. The summed E-state index contributed by atoms with van der Waals surface area (Å²) in [5.41, 5.74) is 1.94. The molecular weight excluding hydrogens is 290 g/mol. The van der Waals surface area contributed by atoms with Crippen LogP contribution >= 0.6 is 11.6 Å². The van der Waals surface area contributed by atoms with Gasteiger partial charge in [-0.1, -0.05) is 25.4 Å². The summed E-state index contributed by atoms with van der Waals surface area (Å²) in [6, 6.07) is 4.71. The zero-order valence-electron chi connectivity index (χ0n) is 10.6. The van der Waals surface area contributed by atoms with E-state index in [2.05, 4.69) is 4.72 Å². The van der Waals surface area contributed by atoms with Crippen molar-refractivity contribution in [3.8, 4) is 0 Å². The first kappa shape index (κ1) is 15.9. The van der Waals surface area contributed by atoms with E-state index in [9.17, 15) is 13.2 Å². The fraction of sp³-hybridized carbons (Fsp3) is 0.364. The second kappa shape index (κ2) is 6.33. The predicted molar refractivity (Wildman–Crippen MR) is 72.7 cm³/mol. The molecule has 106 valence electrons. The second-order valence-electron chi connectivity index (χ2n) is 4.31. The summed E-state index contributed by atoms with van der Waals surface area (Å²) in [5, 5.41) is 0.430. The van der Waals surface area contributed by atoms with Gasteiger partial charge in [0.25, 0.3) is 5.91 Å². The molecule has 4 N–H and O–H groups in total. The molecule has 0 aromatic heterocycles. The lowest BCUT2D eigenvalue weighted by Crippen LogP contribution is -2.51. The molecular formula is C11H16ClN3O3S. The maximum Gasteiger partial charge on any atom is 0.252 e. The minimum Gasteiger partial charge on any atom is -0.293 e. The van der Waals surface area contributed by atoms with Crippen LogP contribution in [0.25, 0.3) is 0 Å². The molecule has 1 aromatic rings. The number of sulfonamides is 1. The molecule has 1 rings (SSSR count). The highest BCUT2D eigenvalue weighted by atomic mass is 35.5. The number of hydrogen-bond donors (Lipinski definition) is 3. The molecule has 8 heteroatoms. The molecule has 0 spiro atoms. The molecule has 0 unspecified atom stereocenters. The number of nitrogens with two attached hydrogens (primary N) is 1. The smallest absolute Gasteiger partial charge is 0.252 e. The van der Waals surface area contributed by atoms with E-state index >= 15 is 0 Å². The summed E-state index contributed by atoms with van der Waals surface area (Å²) < 4.78 is 26.5. The van der Waals surface area contributed by atoms with Gasteiger partial charge in [0.1, 0.15) is 6.04 Å². The van der Waals surface area contributed by atoms with Gasteiger partial charge >= 0.3 is 0 Å².